The van der Waals surface area contributed by atoms with E-state index in [1.807, 2.05) is 0 Å². The molecule has 0 radical (unpaired) electrons. The molecule has 0 aromatic rings. The van der Waals surface area contributed by atoms with E-state index in [0.29, 0.717) is 12.5 Å². The summed E-state index contributed by atoms with van der Waals surface area (Å²) < 4.78 is 5.56. The van der Waals surface area contributed by atoms with Gasteiger partial charge in [0.05, 0.1) is 12.0 Å². The Balaban J connectivity index is 2.37. The second-order valence-corrected chi connectivity index (χ2v) is 4.60. The van der Waals surface area contributed by atoms with Gasteiger partial charge in [0.15, 0.2) is 0 Å². The Bertz CT molecular complexity index is 208. The maximum absolute atomic E-state index is 11.0. The molecular weight excluding hydrogens is 176 g/mol. The number of hydrogen-bond acceptors (Lipinski definition) is 2. The summed E-state index contributed by atoms with van der Waals surface area (Å²) in [6, 6.07) is 0. The largest absolute Gasteiger partial charge is 0.380 e. The van der Waals surface area contributed by atoms with Gasteiger partial charge in [0.2, 0.25) is 0 Å². The fourth-order valence-electron chi connectivity index (χ4n) is 1.68. The minimum absolute atomic E-state index is 0.232. The van der Waals surface area contributed by atoms with Crippen LogP contribution in [0.4, 0.5) is 0 Å². The van der Waals surface area contributed by atoms with Crippen LogP contribution in [0.1, 0.15) is 33.1 Å². The van der Waals surface area contributed by atoms with Crippen molar-refractivity contribution in [3.63, 3.8) is 0 Å². The molecule has 1 aliphatic rings. The minimum atomic E-state index is -0.232. The van der Waals surface area contributed by atoms with E-state index in [0.717, 1.165) is 32.2 Å². The van der Waals surface area contributed by atoms with Crippen LogP contribution >= 0.6 is 0 Å². The number of rotatable bonds is 5. The highest BCUT2D eigenvalue weighted by atomic mass is 16.5. The molecule has 0 heterocycles. The van der Waals surface area contributed by atoms with Crippen molar-refractivity contribution in [2.75, 3.05) is 13.2 Å². The Morgan fingerprint density at radius 3 is 2.79 bits per heavy atom. The monoisotopic (exact) mass is 196 g/mol. The first-order valence-electron chi connectivity index (χ1n) is 5.38. The first-order chi connectivity index (χ1) is 6.68. The fourth-order valence-corrected chi connectivity index (χ4v) is 1.68. The lowest BCUT2D eigenvalue weighted by atomic mass is 9.79. The van der Waals surface area contributed by atoms with Crippen LogP contribution in [0.15, 0.2) is 12.2 Å². The zero-order valence-electron chi connectivity index (χ0n) is 9.16. The summed E-state index contributed by atoms with van der Waals surface area (Å²) in [5, 5.41) is 0. The van der Waals surface area contributed by atoms with Crippen molar-refractivity contribution in [3.8, 4) is 0 Å². The molecule has 0 fully saturated rings. The van der Waals surface area contributed by atoms with Crippen LogP contribution in [-0.2, 0) is 9.53 Å². The number of hydrogen-bond donors (Lipinski definition) is 0. The van der Waals surface area contributed by atoms with E-state index in [1.165, 1.54) is 0 Å². The number of allylic oxidation sites excluding steroid dienone is 2. The molecule has 0 saturated carbocycles. The van der Waals surface area contributed by atoms with Gasteiger partial charge < -0.3 is 9.53 Å². The van der Waals surface area contributed by atoms with Gasteiger partial charge in [-0.25, -0.2) is 0 Å². The lowest BCUT2D eigenvalue weighted by Crippen LogP contribution is -2.30. The summed E-state index contributed by atoms with van der Waals surface area (Å²) >= 11 is 0. The summed E-state index contributed by atoms with van der Waals surface area (Å²) in [5.41, 5.74) is -0.232. The van der Waals surface area contributed by atoms with Crippen LogP contribution in [-0.4, -0.2) is 19.5 Å². The zero-order valence-corrected chi connectivity index (χ0v) is 9.16. The summed E-state index contributed by atoms with van der Waals surface area (Å²) in [6.07, 6.45) is 8.10. The van der Waals surface area contributed by atoms with E-state index in [9.17, 15) is 4.79 Å². The molecular formula is C12H20O2. The van der Waals surface area contributed by atoms with E-state index < -0.39 is 0 Å². The van der Waals surface area contributed by atoms with E-state index in [-0.39, 0.29) is 5.41 Å². The van der Waals surface area contributed by atoms with Crippen LogP contribution in [0, 0.1) is 11.3 Å². The molecule has 14 heavy (non-hydrogen) atoms. The number of aldehydes is 1. The Morgan fingerprint density at radius 2 is 2.29 bits per heavy atom. The number of carbonyl (C=O) groups is 1. The molecule has 80 valence electrons. The third-order valence-corrected chi connectivity index (χ3v) is 2.59. The minimum Gasteiger partial charge on any atom is -0.380 e. The second kappa shape index (κ2) is 5.30. The van der Waals surface area contributed by atoms with Gasteiger partial charge in [-0.15, -0.1) is 0 Å². The van der Waals surface area contributed by atoms with E-state index in [2.05, 4.69) is 26.0 Å². The summed E-state index contributed by atoms with van der Waals surface area (Å²) in [5.74, 6) is 0.540. The van der Waals surface area contributed by atoms with Gasteiger partial charge in [-0.1, -0.05) is 26.0 Å². The summed E-state index contributed by atoms with van der Waals surface area (Å²) in [7, 11) is 0. The predicted molar refractivity (Wildman–Crippen MR) is 57.1 cm³/mol. The van der Waals surface area contributed by atoms with E-state index in [4.69, 9.17) is 4.74 Å². The predicted octanol–water partition coefficient (Wildman–Crippen LogP) is 2.58. The lowest BCUT2D eigenvalue weighted by molar-refractivity contribution is -0.120. The molecule has 0 amide bonds. The molecule has 0 saturated heterocycles. The van der Waals surface area contributed by atoms with Gasteiger partial charge in [-0.2, -0.15) is 0 Å². The van der Waals surface area contributed by atoms with Gasteiger partial charge in [0, 0.05) is 6.61 Å². The Kier molecular flexibility index (Phi) is 4.33. The molecule has 0 aromatic heterocycles. The molecule has 2 nitrogen and oxygen atoms in total. The average Bonchev–Trinajstić information content (AvgIpc) is 2.19. The molecule has 0 aromatic carbocycles. The first kappa shape index (κ1) is 11.4. The van der Waals surface area contributed by atoms with Crippen molar-refractivity contribution >= 4 is 6.29 Å². The van der Waals surface area contributed by atoms with Crippen molar-refractivity contribution in [3.05, 3.63) is 12.2 Å². The molecule has 1 rings (SSSR count). The third-order valence-electron chi connectivity index (χ3n) is 2.59. The van der Waals surface area contributed by atoms with Crippen molar-refractivity contribution < 1.29 is 9.53 Å². The topological polar surface area (TPSA) is 26.3 Å². The van der Waals surface area contributed by atoms with Crippen LogP contribution < -0.4 is 0 Å². The molecule has 0 N–H and O–H groups in total. The highest BCUT2D eigenvalue weighted by Crippen LogP contribution is 2.30. The van der Waals surface area contributed by atoms with Crippen molar-refractivity contribution in [2.45, 2.75) is 33.1 Å². The SMILES string of the molecule is CC(C)COCC1(C=O)CC=CCC1. The smallest absolute Gasteiger partial charge is 0.128 e. The quantitative estimate of drug-likeness (QED) is 0.499. The Morgan fingerprint density at radius 1 is 1.50 bits per heavy atom. The normalized spacial score (nSPS) is 26.8. The van der Waals surface area contributed by atoms with Crippen LogP contribution in [0.25, 0.3) is 0 Å². The van der Waals surface area contributed by atoms with Gasteiger partial charge in [0.1, 0.15) is 6.29 Å². The van der Waals surface area contributed by atoms with E-state index in [1.54, 1.807) is 0 Å². The molecule has 1 aliphatic carbocycles. The van der Waals surface area contributed by atoms with E-state index >= 15 is 0 Å². The number of ether oxygens (including phenoxy) is 1. The number of carbonyl (C=O) groups excluding carboxylic acids is 1. The second-order valence-electron chi connectivity index (χ2n) is 4.60. The van der Waals surface area contributed by atoms with Crippen molar-refractivity contribution in [2.24, 2.45) is 11.3 Å². The molecule has 0 aliphatic heterocycles. The highest BCUT2D eigenvalue weighted by Gasteiger charge is 2.29. The Hall–Kier alpha value is -0.630. The van der Waals surface area contributed by atoms with Gasteiger partial charge in [-0.05, 0) is 25.2 Å². The lowest BCUT2D eigenvalue weighted by Gasteiger charge is -2.28. The highest BCUT2D eigenvalue weighted by molar-refractivity contribution is 5.60. The van der Waals surface area contributed by atoms with Crippen LogP contribution in [0.3, 0.4) is 0 Å². The molecule has 1 atom stereocenters. The van der Waals surface area contributed by atoms with Gasteiger partial charge in [0.25, 0.3) is 0 Å². The molecule has 0 bridgehead atoms. The first-order valence-corrected chi connectivity index (χ1v) is 5.38. The maximum Gasteiger partial charge on any atom is 0.128 e. The van der Waals surface area contributed by atoms with Crippen molar-refractivity contribution in [1.82, 2.24) is 0 Å². The molecule has 2 heteroatoms. The van der Waals surface area contributed by atoms with Gasteiger partial charge >= 0.3 is 0 Å². The summed E-state index contributed by atoms with van der Waals surface area (Å²) in [6.45, 7) is 5.57. The third kappa shape index (κ3) is 3.26. The van der Waals surface area contributed by atoms with Crippen LogP contribution in [0.2, 0.25) is 0 Å². The summed E-state index contributed by atoms with van der Waals surface area (Å²) in [4.78, 5) is 11.0. The average molecular weight is 196 g/mol. The van der Waals surface area contributed by atoms with Gasteiger partial charge in [-0.3, -0.25) is 0 Å². The fraction of sp³-hybridized carbons (Fsp3) is 0.750. The zero-order chi connectivity index (χ0) is 10.4. The Labute approximate surface area is 86.3 Å². The maximum atomic E-state index is 11.0. The molecule has 1 unspecified atom stereocenters. The van der Waals surface area contributed by atoms with Crippen molar-refractivity contribution in [1.29, 1.82) is 0 Å². The molecule has 0 spiro atoms. The standard InChI is InChI=1S/C12H20O2/c1-11(2)8-14-10-12(9-13)6-4-3-5-7-12/h3-4,9,11H,5-8,10H2,1-2H3. The van der Waals surface area contributed by atoms with Crippen LogP contribution in [0.5, 0.6) is 0 Å².